The molecule has 1 aromatic rings. The summed E-state index contributed by atoms with van der Waals surface area (Å²) < 4.78 is 11.4. The first-order chi connectivity index (χ1) is 9.56. The minimum atomic E-state index is -0.661. The van der Waals surface area contributed by atoms with E-state index in [1.807, 2.05) is 13.1 Å². The zero-order valence-electron chi connectivity index (χ0n) is 12.6. The fourth-order valence-corrected chi connectivity index (χ4v) is 3.19. The quantitative estimate of drug-likeness (QED) is 0.882. The zero-order chi connectivity index (χ0) is 14.5. The molecule has 1 fully saturated rings. The largest absolute Gasteiger partial charge is 0.339 e. The third-order valence-electron chi connectivity index (χ3n) is 3.40. The number of rotatable bonds is 5. The van der Waals surface area contributed by atoms with Crippen molar-refractivity contribution in [2.24, 2.45) is 5.92 Å². The molecule has 2 heterocycles. The number of nitrogens with zero attached hydrogens (tertiary/aromatic N) is 3. The molecule has 0 aliphatic carbocycles. The maximum absolute atomic E-state index is 11.4. The molecule has 5 nitrogen and oxygen atoms in total. The summed E-state index contributed by atoms with van der Waals surface area (Å²) in [5, 5.41) is 3.41. The highest BCUT2D eigenvalue weighted by molar-refractivity contribution is 7.85. The lowest BCUT2D eigenvalue weighted by Gasteiger charge is -2.26. The van der Waals surface area contributed by atoms with Crippen LogP contribution in [0.1, 0.15) is 25.1 Å². The van der Waals surface area contributed by atoms with Gasteiger partial charge in [0.05, 0.1) is 0 Å². The van der Waals surface area contributed by atoms with Gasteiger partial charge < -0.3 is 10.2 Å². The summed E-state index contributed by atoms with van der Waals surface area (Å²) in [6.07, 6.45) is 1.91. The second-order valence-electron chi connectivity index (χ2n) is 5.64. The zero-order valence-corrected chi connectivity index (χ0v) is 13.4. The highest BCUT2D eigenvalue weighted by Gasteiger charge is 2.18. The van der Waals surface area contributed by atoms with Gasteiger partial charge in [-0.2, -0.15) is 0 Å². The van der Waals surface area contributed by atoms with Gasteiger partial charge in [0, 0.05) is 59.4 Å². The van der Waals surface area contributed by atoms with Gasteiger partial charge >= 0.3 is 0 Å². The molecule has 1 aromatic heterocycles. The molecule has 0 unspecified atom stereocenters. The summed E-state index contributed by atoms with van der Waals surface area (Å²) in [6.45, 7) is 9.81. The SMILES string of the molecule is Cc1nc(N2CCS(=O)CC2)ncc1CNCC(C)C. The second-order valence-corrected chi connectivity index (χ2v) is 7.34. The molecule has 0 radical (unpaired) electrons. The average Bonchev–Trinajstić information content (AvgIpc) is 2.41. The third-order valence-corrected chi connectivity index (χ3v) is 4.67. The van der Waals surface area contributed by atoms with Crippen molar-refractivity contribution in [1.82, 2.24) is 15.3 Å². The van der Waals surface area contributed by atoms with E-state index in [-0.39, 0.29) is 0 Å². The van der Waals surface area contributed by atoms with Crippen molar-refractivity contribution in [2.45, 2.75) is 27.3 Å². The van der Waals surface area contributed by atoms with Gasteiger partial charge in [-0.1, -0.05) is 13.8 Å². The van der Waals surface area contributed by atoms with Crippen molar-refractivity contribution in [3.63, 3.8) is 0 Å². The van der Waals surface area contributed by atoms with Crippen molar-refractivity contribution >= 4 is 16.7 Å². The van der Waals surface area contributed by atoms with E-state index < -0.39 is 10.8 Å². The molecule has 1 aliphatic rings. The van der Waals surface area contributed by atoms with Crippen LogP contribution in [-0.4, -0.2) is 45.3 Å². The Morgan fingerprint density at radius 3 is 2.70 bits per heavy atom. The highest BCUT2D eigenvalue weighted by atomic mass is 32.2. The van der Waals surface area contributed by atoms with Crippen LogP contribution in [0.3, 0.4) is 0 Å². The first-order valence-electron chi connectivity index (χ1n) is 7.19. The first-order valence-corrected chi connectivity index (χ1v) is 8.68. The molecule has 2 rings (SSSR count). The lowest BCUT2D eigenvalue weighted by atomic mass is 10.2. The van der Waals surface area contributed by atoms with Gasteiger partial charge in [0.2, 0.25) is 5.95 Å². The smallest absolute Gasteiger partial charge is 0.225 e. The van der Waals surface area contributed by atoms with Gasteiger partial charge in [0.1, 0.15) is 0 Å². The van der Waals surface area contributed by atoms with Crippen LogP contribution in [0.5, 0.6) is 0 Å². The summed E-state index contributed by atoms with van der Waals surface area (Å²) in [5.74, 6) is 2.86. The number of anilines is 1. The van der Waals surface area contributed by atoms with Crippen molar-refractivity contribution in [3.8, 4) is 0 Å². The van der Waals surface area contributed by atoms with Crippen LogP contribution in [0.25, 0.3) is 0 Å². The molecule has 0 atom stereocenters. The Morgan fingerprint density at radius 1 is 1.40 bits per heavy atom. The van der Waals surface area contributed by atoms with E-state index in [4.69, 9.17) is 0 Å². The summed E-state index contributed by atoms with van der Waals surface area (Å²) in [7, 11) is -0.661. The van der Waals surface area contributed by atoms with Gasteiger partial charge in [-0.15, -0.1) is 0 Å². The van der Waals surface area contributed by atoms with E-state index in [0.717, 1.165) is 54.9 Å². The molecule has 112 valence electrons. The van der Waals surface area contributed by atoms with Crippen molar-refractivity contribution < 1.29 is 4.21 Å². The fourth-order valence-electron chi connectivity index (χ4n) is 2.14. The first kappa shape index (κ1) is 15.4. The van der Waals surface area contributed by atoms with Gasteiger partial charge in [-0.3, -0.25) is 4.21 Å². The van der Waals surface area contributed by atoms with E-state index in [1.54, 1.807) is 0 Å². The number of aryl methyl sites for hydroxylation is 1. The monoisotopic (exact) mass is 296 g/mol. The molecule has 1 saturated heterocycles. The highest BCUT2D eigenvalue weighted by Crippen LogP contribution is 2.13. The predicted octanol–water partition coefficient (Wildman–Crippen LogP) is 1.10. The molecule has 6 heteroatoms. The lowest BCUT2D eigenvalue weighted by Crippen LogP contribution is -2.38. The topological polar surface area (TPSA) is 58.1 Å². The minimum Gasteiger partial charge on any atom is -0.339 e. The Kier molecular flexibility index (Phi) is 5.48. The van der Waals surface area contributed by atoms with Crippen molar-refractivity contribution in [3.05, 3.63) is 17.5 Å². The third kappa shape index (κ3) is 4.24. The van der Waals surface area contributed by atoms with Crippen LogP contribution in [0.4, 0.5) is 5.95 Å². The predicted molar refractivity (Wildman–Crippen MR) is 83.4 cm³/mol. The molecule has 20 heavy (non-hydrogen) atoms. The van der Waals surface area contributed by atoms with Crippen LogP contribution in [0.15, 0.2) is 6.20 Å². The van der Waals surface area contributed by atoms with Crippen LogP contribution >= 0.6 is 0 Å². The van der Waals surface area contributed by atoms with Crippen LogP contribution in [-0.2, 0) is 17.3 Å². The molecule has 0 spiro atoms. The van der Waals surface area contributed by atoms with E-state index in [0.29, 0.717) is 5.92 Å². The Morgan fingerprint density at radius 2 is 2.10 bits per heavy atom. The number of hydrogen-bond donors (Lipinski definition) is 1. The standard InChI is InChI=1S/C14H24N4OS/c1-11(2)8-15-9-13-10-16-14(17-12(13)3)18-4-6-20(19)7-5-18/h10-11,15H,4-9H2,1-3H3. The summed E-state index contributed by atoms with van der Waals surface area (Å²) in [6, 6.07) is 0. The molecule has 0 amide bonds. The summed E-state index contributed by atoms with van der Waals surface area (Å²) >= 11 is 0. The Bertz CT molecular complexity index is 468. The maximum Gasteiger partial charge on any atom is 0.225 e. The van der Waals surface area contributed by atoms with Gasteiger partial charge in [0.25, 0.3) is 0 Å². The molecule has 0 bridgehead atoms. The minimum absolute atomic E-state index is 0.643. The van der Waals surface area contributed by atoms with E-state index in [2.05, 4.69) is 34.0 Å². The van der Waals surface area contributed by atoms with Crippen LogP contribution in [0.2, 0.25) is 0 Å². The van der Waals surface area contributed by atoms with E-state index in [9.17, 15) is 4.21 Å². The lowest BCUT2D eigenvalue weighted by molar-refractivity contribution is 0.550. The molecule has 0 saturated carbocycles. The number of hydrogen-bond acceptors (Lipinski definition) is 5. The van der Waals surface area contributed by atoms with Crippen molar-refractivity contribution in [2.75, 3.05) is 36.0 Å². The molecule has 1 N–H and O–H groups in total. The molecular formula is C14H24N4OS. The molecular weight excluding hydrogens is 272 g/mol. The summed E-state index contributed by atoms with van der Waals surface area (Å²) in [4.78, 5) is 11.2. The second kappa shape index (κ2) is 7.13. The number of aromatic nitrogens is 2. The van der Waals surface area contributed by atoms with Gasteiger partial charge in [-0.05, 0) is 19.4 Å². The van der Waals surface area contributed by atoms with Gasteiger partial charge in [0.15, 0.2) is 0 Å². The van der Waals surface area contributed by atoms with Crippen LogP contribution < -0.4 is 10.2 Å². The average molecular weight is 296 g/mol. The Hall–Kier alpha value is -1.01. The molecule has 0 aromatic carbocycles. The van der Waals surface area contributed by atoms with Crippen LogP contribution in [0, 0.1) is 12.8 Å². The van der Waals surface area contributed by atoms with Crippen molar-refractivity contribution in [1.29, 1.82) is 0 Å². The summed E-state index contributed by atoms with van der Waals surface area (Å²) in [5.41, 5.74) is 2.17. The van der Waals surface area contributed by atoms with E-state index >= 15 is 0 Å². The van der Waals surface area contributed by atoms with E-state index in [1.165, 1.54) is 0 Å². The maximum atomic E-state index is 11.4. The Labute approximate surface area is 123 Å². The fraction of sp³-hybridized carbons (Fsp3) is 0.714. The van der Waals surface area contributed by atoms with Gasteiger partial charge in [-0.25, -0.2) is 9.97 Å². The normalized spacial score (nSPS) is 16.9. The Balaban J connectivity index is 1.96. The molecule has 1 aliphatic heterocycles. The number of nitrogens with one attached hydrogen (secondary N) is 1.